The number of benzene rings is 2. The monoisotopic (exact) mass is 346 g/mol. The van der Waals surface area contributed by atoms with Crippen molar-refractivity contribution in [1.82, 2.24) is 5.32 Å². The number of anilines is 1. The van der Waals surface area contributed by atoms with E-state index in [4.69, 9.17) is 11.6 Å². The van der Waals surface area contributed by atoms with Crippen molar-refractivity contribution in [2.75, 3.05) is 5.32 Å². The highest BCUT2D eigenvalue weighted by atomic mass is 35.5. The molecule has 4 nitrogen and oxygen atoms in total. The van der Waals surface area contributed by atoms with Crippen LogP contribution in [-0.4, -0.2) is 11.8 Å². The van der Waals surface area contributed by atoms with Crippen molar-refractivity contribution >= 4 is 29.1 Å². The molecule has 1 aliphatic carbocycles. The topological polar surface area (TPSA) is 58.2 Å². The van der Waals surface area contributed by atoms with Gasteiger partial charge in [0.25, 0.3) is 5.91 Å². The molecule has 2 amide bonds. The molecule has 1 saturated carbocycles. The predicted octanol–water partition coefficient (Wildman–Crippen LogP) is 3.76. The first-order valence-corrected chi connectivity index (χ1v) is 8.04. The van der Waals surface area contributed by atoms with Gasteiger partial charge in [-0.05, 0) is 48.7 Å². The van der Waals surface area contributed by atoms with Crippen LogP contribution in [-0.2, 0) is 11.3 Å². The van der Waals surface area contributed by atoms with E-state index in [2.05, 4.69) is 10.6 Å². The molecule has 3 rings (SSSR count). The van der Waals surface area contributed by atoms with Gasteiger partial charge in [0.15, 0.2) is 0 Å². The second-order valence-corrected chi connectivity index (χ2v) is 6.20. The van der Waals surface area contributed by atoms with E-state index in [-0.39, 0.29) is 23.9 Å². The third-order valence-corrected chi connectivity index (χ3v) is 4.03. The number of halogens is 2. The van der Waals surface area contributed by atoms with Gasteiger partial charge in [-0.15, -0.1) is 0 Å². The Morgan fingerprint density at radius 3 is 2.50 bits per heavy atom. The Labute approximate surface area is 144 Å². The Kier molecular flexibility index (Phi) is 4.81. The molecule has 1 aliphatic rings. The number of nitrogens with one attached hydrogen (secondary N) is 2. The van der Waals surface area contributed by atoms with Crippen LogP contribution in [0.3, 0.4) is 0 Å². The fourth-order valence-electron chi connectivity index (χ4n) is 2.24. The van der Waals surface area contributed by atoms with Gasteiger partial charge in [0.1, 0.15) is 5.82 Å². The first kappa shape index (κ1) is 16.5. The van der Waals surface area contributed by atoms with Crippen molar-refractivity contribution in [3.05, 3.63) is 64.4 Å². The largest absolute Gasteiger partial charge is 0.348 e. The van der Waals surface area contributed by atoms with Gasteiger partial charge in [-0.1, -0.05) is 23.7 Å². The van der Waals surface area contributed by atoms with Crippen LogP contribution in [0, 0.1) is 11.7 Å². The Balaban J connectivity index is 1.57. The van der Waals surface area contributed by atoms with E-state index in [1.165, 1.54) is 12.1 Å². The van der Waals surface area contributed by atoms with Gasteiger partial charge in [-0.25, -0.2) is 4.39 Å². The summed E-state index contributed by atoms with van der Waals surface area (Å²) in [5.41, 5.74) is 1.48. The maximum atomic E-state index is 13.6. The Morgan fingerprint density at radius 1 is 1.12 bits per heavy atom. The molecule has 0 radical (unpaired) electrons. The minimum absolute atomic E-state index is 0.0486. The van der Waals surface area contributed by atoms with Crippen molar-refractivity contribution in [2.45, 2.75) is 19.4 Å². The lowest BCUT2D eigenvalue weighted by Crippen LogP contribution is -2.23. The van der Waals surface area contributed by atoms with Gasteiger partial charge in [0, 0.05) is 23.2 Å². The molecule has 0 spiro atoms. The van der Waals surface area contributed by atoms with Gasteiger partial charge >= 0.3 is 0 Å². The van der Waals surface area contributed by atoms with Gasteiger partial charge in [-0.2, -0.15) is 0 Å². The summed E-state index contributed by atoms with van der Waals surface area (Å²) < 4.78 is 13.6. The third-order valence-electron chi connectivity index (χ3n) is 3.80. The lowest BCUT2D eigenvalue weighted by atomic mass is 10.1. The highest BCUT2D eigenvalue weighted by Gasteiger charge is 2.29. The van der Waals surface area contributed by atoms with Crippen molar-refractivity contribution in [2.24, 2.45) is 5.92 Å². The molecule has 124 valence electrons. The van der Waals surface area contributed by atoms with Gasteiger partial charge in [0.2, 0.25) is 5.91 Å². The number of rotatable bonds is 5. The lowest BCUT2D eigenvalue weighted by molar-refractivity contribution is -0.117. The van der Waals surface area contributed by atoms with E-state index in [1.54, 1.807) is 24.3 Å². The summed E-state index contributed by atoms with van der Waals surface area (Å²) in [5, 5.41) is 5.79. The summed E-state index contributed by atoms with van der Waals surface area (Å²) in [6, 6.07) is 11.0. The van der Waals surface area contributed by atoms with Crippen molar-refractivity contribution in [1.29, 1.82) is 0 Å². The zero-order chi connectivity index (χ0) is 17.1. The molecule has 2 N–H and O–H groups in total. The van der Waals surface area contributed by atoms with E-state index in [1.807, 2.05) is 0 Å². The van der Waals surface area contributed by atoms with Gasteiger partial charge in [0.05, 0.1) is 5.56 Å². The van der Waals surface area contributed by atoms with E-state index < -0.39 is 11.7 Å². The fraction of sp³-hybridized carbons (Fsp3) is 0.222. The van der Waals surface area contributed by atoms with Crippen LogP contribution >= 0.6 is 11.6 Å². The quantitative estimate of drug-likeness (QED) is 0.866. The molecule has 1 fully saturated rings. The first-order chi connectivity index (χ1) is 11.5. The van der Waals surface area contributed by atoms with E-state index in [0.29, 0.717) is 5.02 Å². The SMILES string of the molecule is O=C(NCc1ccc(NC(=O)C2CC2)cc1)c1cc(Cl)ccc1F. The molecule has 0 bridgehead atoms. The summed E-state index contributed by atoms with van der Waals surface area (Å²) in [4.78, 5) is 23.7. The van der Waals surface area contributed by atoms with E-state index in [0.717, 1.165) is 30.2 Å². The number of hydrogen-bond donors (Lipinski definition) is 2. The molecule has 0 saturated heterocycles. The predicted molar refractivity (Wildman–Crippen MR) is 90.4 cm³/mol. The van der Waals surface area contributed by atoms with E-state index in [9.17, 15) is 14.0 Å². The summed E-state index contributed by atoms with van der Waals surface area (Å²) >= 11 is 5.78. The Hall–Kier alpha value is -2.40. The number of amides is 2. The Morgan fingerprint density at radius 2 is 1.83 bits per heavy atom. The smallest absolute Gasteiger partial charge is 0.254 e. The second-order valence-electron chi connectivity index (χ2n) is 5.77. The van der Waals surface area contributed by atoms with Crippen LogP contribution in [0.15, 0.2) is 42.5 Å². The summed E-state index contributed by atoms with van der Waals surface area (Å²) in [6.45, 7) is 0.252. The fourth-order valence-corrected chi connectivity index (χ4v) is 2.42. The molecule has 2 aromatic carbocycles. The first-order valence-electron chi connectivity index (χ1n) is 7.66. The van der Waals surface area contributed by atoms with Gasteiger partial charge in [-0.3, -0.25) is 9.59 Å². The minimum Gasteiger partial charge on any atom is -0.348 e. The van der Waals surface area contributed by atoms with Crippen LogP contribution in [0.25, 0.3) is 0 Å². The summed E-state index contributed by atoms with van der Waals surface area (Å²) in [7, 11) is 0. The normalized spacial score (nSPS) is 13.4. The van der Waals surface area contributed by atoms with Crippen LogP contribution in [0.4, 0.5) is 10.1 Å². The zero-order valence-corrected chi connectivity index (χ0v) is 13.6. The molecule has 0 unspecified atom stereocenters. The lowest BCUT2D eigenvalue weighted by Gasteiger charge is -2.08. The third kappa shape index (κ3) is 4.11. The second kappa shape index (κ2) is 7.01. The molecule has 0 aliphatic heterocycles. The average Bonchev–Trinajstić information content (AvgIpc) is 3.41. The average molecular weight is 347 g/mol. The Bertz CT molecular complexity index is 773. The van der Waals surface area contributed by atoms with Crippen LogP contribution in [0.2, 0.25) is 5.02 Å². The number of carbonyl (C=O) groups excluding carboxylic acids is 2. The molecular weight excluding hydrogens is 331 g/mol. The van der Waals surface area contributed by atoms with Crippen LogP contribution < -0.4 is 10.6 Å². The van der Waals surface area contributed by atoms with Gasteiger partial charge < -0.3 is 10.6 Å². The molecular formula is C18H16ClFN2O2. The molecule has 0 aromatic heterocycles. The van der Waals surface area contributed by atoms with Crippen molar-refractivity contribution in [3.8, 4) is 0 Å². The summed E-state index contributed by atoms with van der Waals surface area (Å²) in [5.74, 6) is -0.944. The maximum absolute atomic E-state index is 13.6. The molecule has 0 heterocycles. The van der Waals surface area contributed by atoms with Crippen LogP contribution in [0.5, 0.6) is 0 Å². The number of hydrogen-bond acceptors (Lipinski definition) is 2. The van der Waals surface area contributed by atoms with Crippen molar-refractivity contribution < 1.29 is 14.0 Å². The number of carbonyl (C=O) groups is 2. The molecule has 24 heavy (non-hydrogen) atoms. The zero-order valence-electron chi connectivity index (χ0n) is 12.8. The minimum atomic E-state index is -0.616. The standard InChI is InChI=1S/C18H16ClFN2O2/c19-13-5-8-16(20)15(9-13)18(24)21-10-11-1-6-14(7-2-11)22-17(23)12-3-4-12/h1-2,5-9,12H,3-4,10H2,(H,21,24)(H,22,23). The molecule has 2 aromatic rings. The summed E-state index contributed by atoms with van der Waals surface area (Å²) in [6.07, 6.45) is 1.91. The van der Waals surface area contributed by atoms with E-state index >= 15 is 0 Å². The van der Waals surface area contributed by atoms with Crippen molar-refractivity contribution in [3.63, 3.8) is 0 Å². The molecule has 6 heteroatoms. The highest BCUT2D eigenvalue weighted by Crippen LogP contribution is 2.30. The highest BCUT2D eigenvalue weighted by molar-refractivity contribution is 6.31. The van der Waals surface area contributed by atoms with Crippen LogP contribution in [0.1, 0.15) is 28.8 Å². The molecule has 0 atom stereocenters. The maximum Gasteiger partial charge on any atom is 0.254 e.